The van der Waals surface area contributed by atoms with Gasteiger partial charge >= 0.3 is 0 Å². The van der Waals surface area contributed by atoms with Crippen molar-refractivity contribution in [3.05, 3.63) is 60.2 Å². The number of aromatic nitrogens is 4. The number of carbonyl (C=O) groups excluding carboxylic acids is 2. The van der Waals surface area contributed by atoms with Crippen LogP contribution in [0.5, 0.6) is 5.75 Å². The minimum Gasteiger partial charge on any atom is -0.497 e. The SMILES string of the molecule is COc1ccc(-c2nnn(CC(=O)N(CC(=O)NC3CCCC3)Cc3ccccc3)n2)cc1. The maximum Gasteiger partial charge on any atom is 0.247 e. The van der Waals surface area contributed by atoms with Gasteiger partial charge in [0, 0.05) is 18.2 Å². The van der Waals surface area contributed by atoms with Crippen molar-refractivity contribution in [2.24, 2.45) is 0 Å². The Balaban J connectivity index is 1.43. The lowest BCUT2D eigenvalue weighted by Gasteiger charge is -2.23. The third-order valence-corrected chi connectivity index (χ3v) is 5.70. The summed E-state index contributed by atoms with van der Waals surface area (Å²) in [6, 6.07) is 17.1. The summed E-state index contributed by atoms with van der Waals surface area (Å²) in [5.74, 6) is 0.753. The van der Waals surface area contributed by atoms with Gasteiger partial charge in [0.25, 0.3) is 0 Å². The lowest BCUT2D eigenvalue weighted by atomic mass is 10.2. The van der Waals surface area contributed by atoms with Crippen LogP contribution < -0.4 is 10.1 Å². The van der Waals surface area contributed by atoms with Gasteiger partial charge in [0.15, 0.2) is 0 Å². The molecule has 0 unspecified atom stereocenters. The largest absolute Gasteiger partial charge is 0.497 e. The second-order valence-electron chi connectivity index (χ2n) is 8.16. The summed E-state index contributed by atoms with van der Waals surface area (Å²) in [6.07, 6.45) is 4.25. The molecule has 0 aliphatic heterocycles. The van der Waals surface area contributed by atoms with Crippen molar-refractivity contribution >= 4 is 11.8 Å². The van der Waals surface area contributed by atoms with Gasteiger partial charge in [-0.1, -0.05) is 43.2 Å². The minimum atomic E-state index is -0.251. The van der Waals surface area contributed by atoms with Gasteiger partial charge in [-0.25, -0.2) is 0 Å². The Hall–Kier alpha value is -3.75. The van der Waals surface area contributed by atoms with Crippen LogP contribution in [0.1, 0.15) is 31.2 Å². The number of carbonyl (C=O) groups is 2. The molecular formula is C24H28N6O3. The molecule has 1 heterocycles. The van der Waals surface area contributed by atoms with Crippen LogP contribution in [0.4, 0.5) is 0 Å². The zero-order valence-corrected chi connectivity index (χ0v) is 18.7. The number of rotatable bonds is 9. The summed E-state index contributed by atoms with van der Waals surface area (Å²) in [4.78, 5) is 28.5. The molecule has 9 heteroatoms. The first-order valence-corrected chi connectivity index (χ1v) is 11.1. The fraction of sp³-hybridized carbons (Fsp3) is 0.375. The molecule has 172 valence electrons. The van der Waals surface area contributed by atoms with Crippen molar-refractivity contribution in [2.45, 2.75) is 44.8 Å². The van der Waals surface area contributed by atoms with E-state index in [9.17, 15) is 9.59 Å². The molecule has 1 fully saturated rings. The highest BCUT2D eigenvalue weighted by Crippen LogP contribution is 2.19. The van der Waals surface area contributed by atoms with E-state index in [4.69, 9.17) is 4.74 Å². The van der Waals surface area contributed by atoms with Gasteiger partial charge in [-0.2, -0.15) is 4.80 Å². The van der Waals surface area contributed by atoms with E-state index in [2.05, 4.69) is 20.7 Å². The number of ether oxygens (including phenoxy) is 1. The quantitative estimate of drug-likeness (QED) is 0.539. The van der Waals surface area contributed by atoms with Crippen LogP contribution in [-0.4, -0.2) is 56.6 Å². The first kappa shape index (κ1) is 22.4. The highest BCUT2D eigenvalue weighted by atomic mass is 16.5. The molecule has 0 bridgehead atoms. The average molecular weight is 449 g/mol. The van der Waals surface area contributed by atoms with Crippen molar-refractivity contribution in [2.75, 3.05) is 13.7 Å². The first-order valence-electron chi connectivity index (χ1n) is 11.1. The van der Waals surface area contributed by atoms with Crippen LogP contribution >= 0.6 is 0 Å². The van der Waals surface area contributed by atoms with Gasteiger partial charge in [-0.05, 0) is 47.9 Å². The fourth-order valence-electron chi connectivity index (χ4n) is 3.94. The third-order valence-electron chi connectivity index (χ3n) is 5.70. The predicted octanol–water partition coefficient (Wildman–Crippen LogP) is 2.44. The van der Waals surface area contributed by atoms with Crippen molar-refractivity contribution in [3.8, 4) is 17.1 Å². The summed E-state index contributed by atoms with van der Waals surface area (Å²) in [5.41, 5.74) is 1.72. The predicted molar refractivity (Wildman–Crippen MR) is 122 cm³/mol. The fourth-order valence-corrected chi connectivity index (χ4v) is 3.94. The zero-order chi connectivity index (χ0) is 23.0. The topological polar surface area (TPSA) is 102 Å². The Morgan fingerprint density at radius 3 is 2.52 bits per heavy atom. The normalized spacial score (nSPS) is 13.6. The van der Waals surface area contributed by atoms with E-state index in [0.29, 0.717) is 12.4 Å². The molecule has 33 heavy (non-hydrogen) atoms. The number of amides is 2. The van der Waals surface area contributed by atoms with Crippen LogP contribution in [-0.2, 0) is 22.7 Å². The molecule has 2 amide bonds. The number of nitrogens with one attached hydrogen (secondary N) is 1. The van der Waals surface area contributed by atoms with Gasteiger partial charge in [0.05, 0.1) is 13.7 Å². The van der Waals surface area contributed by atoms with Crippen LogP contribution in [0.25, 0.3) is 11.4 Å². The van der Waals surface area contributed by atoms with Crippen LogP contribution in [0.3, 0.4) is 0 Å². The Morgan fingerprint density at radius 1 is 1.09 bits per heavy atom. The van der Waals surface area contributed by atoms with Crippen molar-refractivity contribution in [1.29, 1.82) is 0 Å². The highest BCUT2D eigenvalue weighted by molar-refractivity contribution is 5.84. The maximum absolute atomic E-state index is 13.1. The van der Waals surface area contributed by atoms with Gasteiger partial charge in [-0.15, -0.1) is 10.2 Å². The average Bonchev–Trinajstić information content (AvgIpc) is 3.52. The summed E-state index contributed by atoms with van der Waals surface area (Å²) in [7, 11) is 1.60. The summed E-state index contributed by atoms with van der Waals surface area (Å²) >= 11 is 0. The van der Waals surface area contributed by atoms with Gasteiger partial charge in [0.2, 0.25) is 17.6 Å². The Labute approximate surface area is 192 Å². The van der Waals surface area contributed by atoms with E-state index in [1.165, 1.54) is 9.70 Å². The van der Waals surface area contributed by atoms with E-state index in [0.717, 1.165) is 42.6 Å². The van der Waals surface area contributed by atoms with Gasteiger partial charge < -0.3 is 15.0 Å². The van der Waals surface area contributed by atoms with Crippen LogP contribution in [0.2, 0.25) is 0 Å². The first-order chi connectivity index (χ1) is 16.1. The standard InChI is InChI=1S/C24H28N6O3/c1-33-21-13-11-19(12-14-21)24-26-28-30(27-24)17-23(32)29(15-18-7-3-2-4-8-18)16-22(31)25-20-9-5-6-10-20/h2-4,7-8,11-14,20H,5-6,9-10,15-17H2,1H3,(H,25,31). The lowest BCUT2D eigenvalue weighted by Crippen LogP contribution is -2.44. The molecule has 0 atom stereocenters. The minimum absolute atomic E-state index is 0.00966. The summed E-state index contributed by atoms with van der Waals surface area (Å²) in [6.45, 7) is 0.217. The smallest absolute Gasteiger partial charge is 0.247 e. The zero-order valence-electron chi connectivity index (χ0n) is 18.7. The van der Waals surface area contributed by atoms with Crippen LogP contribution in [0, 0.1) is 0 Å². The number of hydrogen-bond donors (Lipinski definition) is 1. The van der Waals surface area contributed by atoms with Crippen molar-refractivity contribution in [1.82, 2.24) is 30.4 Å². The number of benzene rings is 2. The highest BCUT2D eigenvalue weighted by Gasteiger charge is 2.22. The third kappa shape index (κ3) is 6.15. The molecule has 1 saturated carbocycles. The molecule has 0 radical (unpaired) electrons. The Morgan fingerprint density at radius 2 is 1.82 bits per heavy atom. The van der Waals surface area contributed by atoms with Crippen molar-refractivity contribution in [3.63, 3.8) is 0 Å². The molecular weight excluding hydrogens is 420 g/mol. The molecule has 1 aromatic heterocycles. The Bertz CT molecular complexity index is 1060. The van der Waals surface area contributed by atoms with Gasteiger partial charge in [0.1, 0.15) is 12.3 Å². The maximum atomic E-state index is 13.1. The molecule has 4 rings (SSSR count). The number of tetrazole rings is 1. The molecule has 9 nitrogen and oxygen atoms in total. The molecule has 1 aliphatic carbocycles. The second kappa shape index (κ2) is 10.7. The molecule has 1 aliphatic rings. The molecule has 0 saturated heterocycles. The number of hydrogen-bond acceptors (Lipinski definition) is 6. The van der Waals surface area contributed by atoms with Gasteiger partial charge in [-0.3, -0.25) is 9.59 Å². The van der Waals surface area contributed by atoms with E-state index in [-0.39, 0.29) is 30.9 Å². The monoisotopic (exact) mass is 448 g/mol. The number of methoxy groups -OCH3 is 1. The molecule has 0 spiro atoms. The number of nitrogens with zero attached hydrogens (tertiary/aromatic N) is 5. The molecule has 2 aromatic carbocycles. The van der Waals surface area contributed by atoms with Crippen molar-refractivity contribution < 1.29 is 14.3 Å². The van der Waals surface area contributed by atoms with E-state index in [1.807, 2.05) is 54.6 Å². The molecule has 3 aromatic rings. The van der Waals surface area contributed by atoms with E-state index < -0.39 is 0 Å². The second-order valence-corrected chi connectivity index (χ2v) is 8.16. The summed E-state index contributed by atoms with van der Waals surface area (Å²) in [5, 5.41) is 15.5. The van der Waals surface area contributed by atoms with E-state index in [1.54, 1.807) is 7.11 Å². The lowest BCUT2D eigenvalue weighted by molar-refractivity contribution is -0.137. The summed E-state index contributed by atoms with van der Waals surface area (Å²) < 4.78 is 5.17. The molecule has 1 N–H and O–H groups in total. The van der Waals surface area contributed by atoms with E-state index >= 15 is 0 Å². The Kier molecular flexibility index (Phi) is 7.29. The van der Waals surface area contributed by atoms with Crippen LogP contribution in [0.15, 0.2) is 54.6 Å².